The number of H-pyrrole nitrogens is 1. The Morgan fingerprint density at radius 2 is 1.35 bits per heavy atom. The summed E-state index contributed by atoms with van der Waals surface area (Å²) in [6, 6.07) is 0. The van der Waals surface area contributed by atoms with Crippen LogP contribution >= 0.6 is 0 Å². The summed E-state index contributed by atoms with van der Waals surface area (Å²) >= 11 is 0. The van der Waals surface area contributed by atoms with Crippen LogP contribution in [0.1, 0.15) is 103 Å². The van der Waals surface area contributed by atoms with E-state index in [4.69, 9.17) is 0 Å². The van der Waals surface area contributed by atoms with E-state index in [9.17, 15) is 0 Å². The van der Waals surface area contributed by atoms with Crippen LogP contribution in [0.25, 0.3) is 0 Å². The topological polar surface area (TPSA) is 41.6 Å². The average Bonchev–Trinajstić information content (AvgIpc) is 3.08. The molecule has 0 aliphatic carbocycles. The Bertz CT molecular complexity index is 357. The molecule has 1 N–H and O–H groups in total. The highest BCUT2D eigenvalue weighted by atomic mass is 15.2. The molecular weight excluding hydrogens is 282 g/mol. The molecular formula is C20H37N3. The number of aromatic nitrogens is 3. The van der Waals surface area contributed by atoms with Crippen LogP contribution in [0.2, 0.25) is 0 Å². The lowest BCUT2D eigenvalue weighted by Gasteiger charge is -2.00. The Morgan fingerprint density at radius 1 is 0.783 bits per heavy atom. The number of nitrogens with zero attached hydrogens (tertiary/aromatic N) is 2. The molecule has 1 rings (SSSR count). The molecule has 3 heteroatoms. The molecule has 0 atom stereocenters. The van der Waals surface area contributed by atoms with Gasteiger partial charge in [0, 0.05) is 6.42 Å². The van der Waals surface area contributed by atoms with Crippen LogP contribution in [0.3, 0.4) is 0 Å². The van der Waals surface area contributed by atoms with Crippen molar-refractivity contribution in [1.82, 2.24) is 15.2 Å². The predicted molar refractivity (Wildman–Crippen MR) is 99.5 cm³/mol. The molecule has 1 aromatic heterocycles. The van der Waals surface area contributed by atoms with Gasteiger partial charge in [-0.2, -0.15) is 5.10 Å². The molecule has 0 aromatic carbocycles. The van der Waals surface area contributed by atoms with Crippen LogP contribution in [0.5, 0.6) is 0 Å². The van der Waals surface area contributed by atoms with Gasteiger partial charge in [0.05, 0.1) is 0 Å². The summed E-state index contributed by atoms with van der Waals surface area (Å²) in [5.74, 6) is 0.959. The van der Waals surface area contributed by atoms with Gasteiger partial charge in [-0.3, -0.25) is 5.10 Å². The molecule has 3 nitrogen and oxygen atoms in total. The summed E-state index contributed by atoms with van der Waals surface area (Å²) in [5, 5.41) is 6.85. The van der Waals surface area contributed by atoms with Gasteiger partial charge >= 0.3 is 0 Å². The first-order valence-electron chi connectivity index (χ1n) is 9.93. The minimum atomic E-state index is 0.959. The van der Waals surface area contributed by atoms with Gasteiger partial charge in [0.25, 0.3) is 0 Å². The Labute approximate surface area is 143 Å². The summed E-state index contributed by atoms with van der Waals surface area (Å²) in [6.45, 7) is 2.28. The fourth-order valence-corrected chi connectivity index (χ4v) is 2.89. The molecule has 0 aliphatic rings. The second-order valence-corrected chi connectivity index (χ2v) is 6.60. The van der Waals surface area contributed by atoms with E-state index in [0.717, 1.165) is 12.2 Å². The van der Waals surface area contributed by atoms with Crippen LogP contribution in [-0.2, 0) is 6.42 Å². The maximum Gasteiger partial charge on any atom is 0.150 e. The zero-order valence-corrected chi connectivity index (χ0v) is 15.2. The molecule has 1 heterocycles. The summed E-state index contributed by atoms with van der Waals surface area (Å²) in [7, 11) is 0. The van der Waals surface area contributed by atoms with Crippen molar-refractivity contribution in [3.63, 3.8) is 0 Å². The van der Waals surface area contributed by atoms with E-state index in [1.54, 1.807) is 6.33 Å². The number of aryl methyl sites for hydroxylation is 1. The van der Waals surface area contributed by atoms with E-state index in [-0.39, 0.29) is 0 Å². The summed E-state index contributed by atoms with van der Waals surface area (Å²) in [5.41, 5.74) is 0. The minimum absolute atomic E-state index is 0.959. The first-order valence-corrected chi connectivity index (χ1v) is 9.93. The Hall–Kier alpha value is -1.12. The quantitative estimate of drug-likeness (QED) is 0.283. The zero-order valence-electron chi connectivity index (χ0n) is 15.2. The molecule has 0 radical (unpaired) electrons. The Balaban J connectivity index is 1.73. The molecule has 1 aromatic rings. The van der Waals surface area contributed by atoms with Crippen molar-refractivity contribution in [2.45, 2.75) is 103 Å². The van der Waals surface area contributed by atoms with Crippen molar-refractivity contribution in [2.75, 3.05) is 0 Å². The lowest BCUT2D eigenvalue weighted by atomic mass is 10.1. The van der Waals surface area contributed by atoms with Crippen molar-refractivity contribution >= 4 is 0 Å². The normalized spacial score (nSPS) is 11.5. The highest BCUT2D eigenvalue weighted by molar-refractivity contribution is 4.81. The van der Waals surface area contributed by atoms with E-state index in [0.29, 0.717) is 0 Å². The number of unbranched alkanes of at least 4 members (excludes halogenated alkanes) is 12. The molecule has 0 amide bonds. The summed E-state index contributed by atoms with van der Waals surface area (Å²) in [4.78, 5) is 4.15. The van der Waals surface area contributed by atoms with Crippen LogP contribution in [-0.4, -0.2) is 15.2 Å². The number of hydrogen-bond acceptors (Lipinski definition) is 2. The van der Waals surface area contributed by atoms with E-state index in [2.05, 4.69) is 34.3 Å². The van der Waals surface area contributed by atoms with Crippen molar-refractivity contribution in [1.29, 1.82) is 0 Å². The van der Waals surface area contributed by atoms with Crippen molar-refractivity contribution in [3.05, 3.63) is 24.3 Å². The van der Waals surface area contributed by atoms with Crippen LogP contribution in [0.15, 0.2) is 18.5 Å². The lowest BCUT2D eigenvalue weighted by Crippen LogP contribution is -1.88. The minimum Gasteiger partial charge on any atom is -0.266 e. The maximum absolute atomic E-state index is 4.15. The maximum atomic E-state index is 4.15. The third-order valence-corrected chi connectivity index (χ3v) is 4.38. The van der Waals surface area contributed by atoms with Gasteiger partial charge in [0.1, 0.15) is 12.2 Å². The largest absolute Gasteiger partial charge is 0.266 e. The average molecular weight is 320 g/mol. The van der Waals surface area contributed by atoms with E-state index >= 15 is 0 Å². The third-order valence-electron chi connectivity index (χ3n) is 4.38. The first-order chi connectivity index (χ1) is 11.4. The van der Waals surface area contributed by atoms with E-state index < -0.39 is 0 Å². The SMILES string of the molecule is CCCCCCCC/C=C\CCCCCCCCc1nc[nH]n1. The van der Waals surface area contributed by atoms with Crippen LogP contribution in [0.4, 0.5) is 0 Å². The molecule has 0 saturated heterocycles. The molecule has 0 unspecified atom stereocenters. The van der Waals surface area contributed by atoms with Gasteiger partial charge in [-0.05, 0) is 32.1 Å². The van der Waals surface area contributed by atoms with Crippen molar-refractivity contribution in [2.24, 2.45) is 0 Å². The summed E-state index contributed by atoms with van der Waals surface area (Å²) < 4.78 is 0. The number of allylic oxidation sites excluding steroid dienone is 2. The molecule has 0 saturated carbocycles. The Kier molecular flexibility index (Phi) is 13.7. The van der Waals surface area contributed by atoms with E-state index in [1.165, 1.54) is 89.9 Å². The van der Waals surface area contributed by atoms with Gasteiger partial charge in [0.2, 0.25) is 0 Å². The standard InChI is InChI=1S/C20H37N3/c1-2-3-4-5-6-7-8-9-10-11-12-13-14-15-16-17-18-20-21-19-22-23-20/h9-10,19H,2-8,11-18H2,1H3,(H,21,22,23)/b10-9-. The van der Waals surface area contributed by atoms with Crippen molar-refractivity contribution in [3.8, 4) is 0 Å². The molecule has 0 aliphatic heterocycles. The highest BCUT2D eigenvalue weighted by Gasteiger charge is 1.96. The second-order valence-electron chi connectivity index (χ2n) is 6.60. The molecule has 132 valence electrons. The first kappa shape index (κ1) is 19.9. The van der Waals surface area contributed by atoms with Gasteiger partial charge in [0.15, 0.2) is 0 Å². The highest BCUT2D eigenvalue weighted by Crippen LogP contribution is 2.10. The van der Waals surface area contributed by atoms with Crippen LogP contribution in [0, 0.1) is 0 Å². The number of aromatic amines is 1. The van der Waals surface area contributed by atoms with Gasteiger partial charge < -0.3 is 0 Å². The number of hydrogen-bond donors (Lipinski definition) is 1. The summed E-state index contributed by atoms with van der Waals surface area (Å²) in [6.07, 6.45) is 26.4. The zero-order chi connectivity index (χ0) is 16.4. The fourth-order valence-electron chi connectivity index (χ4n) is 2.89. The number of rotatable bonds is 16. The molecule has 0 bridgehead atoms. The van der Waals surface area contributed by atoms with Crippen LogP contribution < -0.4 is 0 Å². The van der Waals surface area contributed by atoms with Gasteiger partial charge in [-0.15, -0.1) is 0 Å². The molecule has 0 spiro atoms. The fraction of sp³-hybridized carbons (Fsp3) is 0.800. The smallest absolute Gasteiger partial charge is 0.150 e. The van der Waals surface area contributed by atoms with Gasteiger partial charge in [-0.1, -0.05) is 76.9 Å². The Morgan fingerprint density at radius 3 is 1.91 bits per heavy atom. The monoisotopic (exact) mass is 319 g/mol. The predicted octanol–water partition coefficient (Wildman–Crippen LogP) is 6.38. The van der Waals surface area contributed by atoms with Crippen molar-refractivity contribution < 1.29 is 0 Å². The molecule has 23 heavy (non-hydrogen) atoms. The second kappa shape index (κ2) is 15.8. The number of nitrogens with one attached hydrogen (secondary N) is 1. The van der Waals surface area contributed by atoms with Gasteiger partial charge in [-0.25, -0.2) is 4.98 Å². The third kappa shape index (κ3) is 13.1. The lowest BCUT2D eigenvalue weighted by molar-refractivity contribution is 0.591. The molecule has 0 fully saturated rings. The van der Waals surface area contributed by atoms with E-state index in [1.807, 2.05) is 0 Å².